The number of aliphatic imine (C=N–C) groups is 1. The second-order valence-corrected chi connectivity index (χ2v) is 5.18. The van der Waals surface area contributed by atoms with Crippen molar-refractivity contribution in [2.45, 2.75) is 20.4 Å². The summed E-state index contributed by atoms with van der Waals surface area (Å²) in [4.78, 5) is 6.72. The number of benzene rings is 1. The fraction of sp³-hybridized carbons (Fsp3) is 0.588. The molecule has 6 heteroatoms. The number of hydrogen-bond acceptors (Lipinski definition) is 3. The van der Waals surface area contributed by atoms with E-state index in [4.69, 9.17) is 9.47 Å². The molecule has 1 aromatic rings. The Balaban J connectivity index is 0.00000484. The quantitative estimate of drug-likeness (QED) is 0.281. The Morgan fingerprint density at radius 2 is 1.87 bits per heavy atom. The normalized spacial score (nSPS) is 11.0. The number of guanidine groups is 1. The molecule has 0 bridgehead atoms. The zero-order chi connectivity index (χ0) is 16.2. The van der Waals surface area contributed by atoms with Gasteiger partial charge in [-0.1, -0.05) is 29.8 Å². The number of halogens is 1. The number of ether oxygens (including phenoxy) is 2. The molecule has 23 heavy (non-hydrogen) atoms. The predicted molar refractivity (Wildman–Crippen MR) is 107 cm³/mol. The van der Waals surface area contributed by atoms with E-state index >= 15 is 0 Å². The molecule has 0 saturated heterocycles. The number of hydrogen-bond donors (Lipinski definition) is 1. The van der Waals surface area contributed by atoms with Crippen molar-refractivity contribution in [1.82, 2.24) is 10.2 Å². The standard InChI is InChI=1S/C17H29N3O2.HI/c1-5-18-17(19-10-11-22-13-12-21-4)20(3)14-16-8-6-15(2)7-9-16;/h6-9H,5,10-14H2,1-4H3,(H,18,19);1H. The van der Waals surface area contributed by atoms with Gasteiger partial charge in [0.25, 0.3) is 0 Å². The summed E-state index contributed by atoms with van der Waals surface area (Å²) in [5, 5.41) is 3.31. The molecule has 0 radical (unpaired) electrons. The van der Waals surface area contributed by atoms with E-state index in [0.717, 1.165) is 19.0 Å². The lowest BCUT2D eigenvalue weighted by Gasteiger charge is -2.22. The molecule has 0 aliphatic heterocycles. The van der Waals surface area contributed by atoms with Crippen LogP contribution in [0.15, 0.2) is 29.3 Å². The maximum atomic E-state index is 5.44. The molecule has 1 rings (SSSR count). The Labute approximate surface area is 157 Å². The van der Waals surface area contributed by atoms with E-state index < -0.39 is 0 Å². The Hall–Kier alpha value is -0.860. The van der Waals surface area contributed by atoms with Crippen LogP contribution in [-0.4, -0.2) is 57.9 Å². The molecule has 0 aliphatic rings. The van der Waals surface area contributed by atoms with Gasteiger partial charge in [-0.15, -0.1) is 24.0 Å². The van der Waals surface area contributed by atoms with Crippen molar-refractivity contribution in [3.8, 4) is 0 Å². The molecule has 5 nitrogen and oxygen atoms in total. The summed E-state index contributed by atoms with van der Waals surface area (Å²) in [5.41, 5.74) is 2.55. The molecule has 0 fully saturated rings. The molecule has 0 unspecified atom stereocenters. The van der Waals surface area contributed by atoms with Crippen molar-refractivity contribution in [1.29, 1.82) is 0 Å². The third kappa shape index (κ3) is 9.78. The summed E-state index contributed by atoms with van der Waals surface area (Å²) in [6.07, 6.45) is 0. The molecule has 0 spiro atoms. The van der Waals surface area contributed by atoms with E-state index in [-0.39, 0.29) is 24.0 Å². The number of methoxy groups -OCH3 is 1. The maximum absolute atomic E-state index is 5.44. The maximum Gasteiger partial charge on any atom is 0.194 e. The van der Waals surface area contributed by atoms with Crippen molar-refractivity contribution >= 4 is 29.9 Å². The lowest BCUT2D eigenvalue weighted by Crippen LogP contribution is -2.38. The second kappa shape index (κ2) is 13.6. The Morgan fingerprint density at radius 1 is 1.17 bits per heavy atom. The van der Waals surface area contributed by atoms with E-state index in [0.29, 0.717) is 26.4 Å². The molecule has 0 aromatic heterocycles. The highest BCUT2D eigenvalue weighted by molar-refractivity contribution is 14.0. The van der Waals surface area contributed by atoms with Crippen LogP contribution < -0.4 is 5.32 Å². The van der Waals surface area contributed by atoms with Crippen LogP contribution in [0.2, 0.25) is 0 Å². The topological polar surface area (TPSA) is 46.1 Å². The molecular weight excluding hydrogens is 405 g/mol. The minimum absolute atomic E-state index is 0. The van der Waals surface area contributed by atoms with Crippen LogP contribution in [-0.2, 0) is 16.0 Å². The first-order valence-electron chi connectivity index (χ1n) is 7.79. The molecule has 1 aromatic carbocycles. The van der Waals surface area contributed by atoms with Gasteiger partial charge in [0, 0.05) is 27.2 Å². The summed E-state index contributed by atoms with van der Waals surface area (Å²) < 4.78 is 10.4. The van der Waals surface area contributed by atoms with Crippen LogP contribution in [0.1, 0.15) is 18.1 Å². The zero-order valence-corrected chi connectivity index (χ0v) is 17.0. The van der Waals surface area contributed by atoms with Crippen LogP contribution in [0.3, 0.4) is 0 Å². The number of nitrogens with zero attached hydrogens (tertiary/aromatic N) is 2. The van der Waals surface area contributed by atoms with Crippen molar-refractivity contribution < 1.29 is 9.47 Å². The van der Waals surface area contributed by atoms with Crippen LogP contribution in [0.4, 0.5) is 0 Å². The molecule has 0 aliphatic carbocycles. The molecular formula is C17H30IN3O2. The average Bonchev–Trinajstić information content (AvgIpc) is 2.51. The monoisotopic (exact) mass is 435 g/mol. The average molecular weight is 435 g/mol. The first-order valence-corrected chi connectivity index (χ1v) is 7.79. The molecule has 0 heterocycles. The lowest BCUT2D eigenvalue weighted by molar-refractivity contribution is 0.0747. The van der Waals surface area contributed by atoms with Gasteiger partial charge in [0.2, 0.25) is 0 Å². The first kappa shape index (κ1) is 22.1. The van der Waals surface area contributed by atoms with Gasteiger partial charge in [-0.05, 0) is 19.4 Å². The molecule has 1 N–H and O–H groups in total. The summed E-state index contributed by atoms with van der Waals surface area (Å²) in [6, 6.07) is 8.58. The summed E-state index contributed by atoms with van der Waals surface area (Å²) in [6.45, 7) is 8.34. The fourth-order valence-corrected chi connectivity index (χ4v) is 1.97. The Bertz CT molecular complexity index is 438. The van der Waals surface area contributed by atoms with E-state index in [1.165, 1.54) is 11.1 Å². The van der Waals surface area contributed by atoms with Gasteiger partial charge in [0.05, 0.1) is 26.4 Å². The highest BCUT2D eigenvalue weighted by Gasteiger charge is 2.06. The van der Waals surface area contributed by atoms with Gasteiger partial charge >= 0.3 is 0 Å². The van der Waals surface area contributed by atoms with Crippen LogP contribution >= 0.6 is 24.0 Å². The number of nitrogens with one attached hydrogen (secondary N) is 1. The fourth-order valence-electron chi connectivity index (χ4n) is 1.97. The van der Waals surface area contributed by atoms with Crippen molar-refractivity contribution in [2.24, 2.45) is 4.99 Å². The van der Waals surface area contributed by atoms with Gasteiger partial charge in [-0.2, -0.15) is 0 Å². The van der Waals surface area contributed by atoms with Crippen LogP contribution in [0, 0.1) is 6.92 Å². The molecule has 0 saturated carbocycles. The Morgan fingerprint density at radius 3 is 2.48 bits per heavy atom. The predicted octanol–water partition coefficient (Wildman–Crippen LogP) is 2.67. The van der Waals surface area contributed by atoms with E-state index in [1.807, 2.05) is 7.05 Å². The lowest BCUT2D eigenvalue weighted by atomic mass is 10.1. The largest absolute Gasteiger partial charge is 0.382 e. The van der Waals surface area contributed by atoms with Gasteiger partial charge in [-0.25, -0.2) is 0 Å². The summed E-state index contributed by atoms with van der Waals surface area (Å²) >= 11 is 0. The van der Waals surface area contributed by atoms with Crippen molar-refractivity contribution in [3.63, 3.8) is 0 Å². The SMILES string of the molecule is CCNC(=NCCOCCOC)N(C)Cc1ccc(C)cc1.I. The van der Waals surface area contributed by atoms with E-state index in [2.05, 4.69) is 53.3 Å². The highest BCUT2D eigenvalue weighted by atomic mass is 127. The third-order valence-corrected chi connectivity index (χ3v) is 3.17. The van der Waals surface area contributed by atoms with Gasteiger partial charge < -0.3 is 19.7 Å². The third-order valence-electron chi connectivity index (χ3n) is 3.17. The van der Waals surface area contributed by atoms with Gasteiger partial charge in [0.1, 0.15) is 0 Å². The van der Waals surface area contributed by atoms with Crippen molar-refractivity contribution in [2.75, 3.05) is 47.1 Å². The van der Waals surface area contributed by atoms with Crippen LogP contribution in [0.5, 0.6) is 0 Å². The van der Waals surface area contributed by atoms with E-state index in [9.17, 15) is 0 Å². The molecule has 0 atom stereocenters. The number of rotatable bonds is 9. The first-order chi connectivity index (χ1) is 10.7. The van der Waals surface area contributed by atoms with Crippen molar-refractivity contribution in [3.05, 3.63) is 35.4 Å². The highest BCUT2D eigenvalue weighted by Crippen LogP contribution is 2.06. The minimum Gasteiger partial charge on any atom is -0.382 e. The number of aryl methyl sites for hydroxylation is 1. The minimum atomic E-state index is 0. The van der Waals surface area contributed by atoms with Gasteiger partial charge in [0.15, 0.2) is 5.96 Å². The van der Waals surface area contributed by atoms with Crippen LogP contribution in [0.25, 0.3) is 0 Å². The smallest absolute Gasteiger partial charge is 0.194 e. The van der Waals surface area contributed by atoms with E-state index in [1.54, 1.807) is 7.11 Å². The second-order valence-electron chi connectivity index (χ2n) is 5.18. The zero-order valence-electron chi connectivity index (χ0n) is 14.7. The van der Waals surface area contributed by atoms with Gasteiger partial charge in [-0.3, -0.25) is 4.99 Å². The molecule has 0 amide bonds. The summed E-state index contributed by atoms with van der Waals surface area (Å²) in [5.74, 6) is 0.901. The summed E-state index contributed by atoms with van der Waals surface area (Å²) in [7, 11) is 3.72. The Kier molecular flexibility index (Phi) is 13.1. The molecule has 132 valence electrons.